The van der Waals surface area contributed by atoms with E-state index in [1.54, 1.807) is 12.1 Å². The minimum atomic E-state index is -0.997. The highest BCUT2D eigenvalue weighted by molar-refractivity contribution is 5.86. The number of rotatable bonds is 5. The number of nitrogens with one attached hydrogen (secondary N) is 1. The van der Waals surface area contributed by atoms with Gasteiger partial charge in [0.2, 0.25) is 0 Å². The first kappa shape index (κ1) is 11.5. The van der Waals surface area contributed by atoms with Crippen LogP contribution in [0.2, 0.25) is 0 Å². The summed E-state index contributed by atoms with van der Waals surface area (Å²) in [4.78, 5) is 14.4. The number of aromatic carboxylic acids is 1. The molecule has 0 radical (unpaired) electrons. The van der Waals surface area contributed by atoms with Gasteiger partial charge in [0.05, 0.1) is 0 Å². The molecule has 0 atom stereocenters. The number of carbonyl (C=O) groups is 1. The number of aromatic nitrogens is 1. The largest absolute Gasteiger partial charge is 0.477 e. The summed E-state index contributed by atoms with van der Waals surface area (Å²) in [6.07, 6.45) is 3.54. The van der Waals surface area contributed by atoms with E-state index in [9.17, 15) is 4.79 Å². The summed E-state index contributed by atoms with van der Waals surface area (Å²) < 4.78 is 0. The Bertz CT molecular complexity index is 335. The summed E-state index contributed by atoms with van der Waals surface area (Å²) in [7, 11) is 0. The summed E-state index contributed by atoms with van der Waals surface area (Å²) >= 11 is 0. The van der Waals surface area contributed by atoms with Crippen LogP contribution < -0.4 is 5.32 Å². The monoisotopic (exact) mass is 208 g/mol. The van der Waals surface area contributed by atoms with E-state index >= 15 is 0 Å². The van der Waals surface area contributed by atoms with Gasteiger partial charge in [-0.05, 0) is 25.0 Å². The van der Waals surface area contributed by atoms with Gasteiger partial charge in [-0.25, -0.2) is 9.78 Å². The van der Waals surface area contributed by atoms with E-state index in [1.165, 1.54) is 6.20 Å². The molecule has 0 aliphatic rings. The second-order valence-corrected chi connectivity index (χ2v) is 3.39. The first-order valence-electron chi connectivity index (χ1n) is 5.13. The van der Waals surface area contributed by atoms with Crippen LogP contribution in [-0.2, 0) is 0 Å². The zero-order chi connectivity index (χ0) is 11.3. The number of hydrogen-bond donors (Lipinski definition) is 2. The predicted molar refractivity (Wildman–Crippen MR) is 59.2 cm³/mol. The molecule has 4 nitrogen and oxygen atoms in total. The highest BCUT2D eigenvalue weighted by Crippen LogP contribution is 2.12. The summed E-state index contributed by atoms with van der Waals surface area (Å²) in [5, 5.41) is 12.0. The van der Waals surface area contributed by atoms with Gasteiger partial charge < -0.3 is 10.4 Å². The normalized spacial score (nSPS) is 10.3. The van der Waals surface area contributed by atoms with Crippen molar-refractivity contribution >= 4 is 11.7 Å². The minimum Gasteiger partial charge on any atom is -0.477 e. The molecule has 0 unspecified atom stereocenters. The smallest absolute Gasteiger partial charge is 0.354 e. The Hall–Kier alpha value is -1.58. The van der Waals surface area contributed by atoms with Gasteiger partial charge >= 0.3 is 5.97 Å². The number of carboxylic acid groups (broad SMARTS) is 1. The molecule has 1 aromatic rings. The standard InChI is InChI=1S/C11H16N2O2/c1-3-8(4-2)13-9-5-6-12-10(7-9)11(14)15/h5-8H,3-4H2,1-2H3,(H,12,13)(H,14,15). The molecule has 15 heavy (non-hydrogen) atoms. The Morgan fingerprint density at radius 1 is 1.53 bits per heavy atom. The van der Waals surface area contributed by atoms with Crippen LogP contribution in [0, 0.1) is 0 Å². The predicted octanol–water partition coefficient (Wildman–Crippen LogP) is 2.38. The zero-order valence-electron chi connectivity index (χ0n) is 9.03. The average Bonchev–Trinajstić information content (AvgIpc) is 2.26. The van der Waals surface area contributed by atoms with Crippen molar-refractivity contribution < 1.29 is 9.90 Å². The van der Waals surface area contributed by atoms with Crippen molar-refractivity contribution in [2.75, 3.05) is 5.32 Å². The van der Waals surface area contributed by atoms with E-state index in [4.69, 9.17) is 5.11 Å². The third-order valence-electron chi connectivity index (χ3n) is 2.34. The minimum absolute atomic E-state index is 0.0750. The molecule has 0 fully saturated rings. The third-order valence-corrected chi connectivity index (χ3v) is 2.34. The second kappa shape index (κ2) is 5.34. The van der Waals surface area contributed by atoms with Gasteiger partial charge in [0.25, 0.3) is 0 Å². The quantitative estimate of drug-likeness (QED) is 0.779. The van der Waals surface area contributed by atoms with Crippen molar-refractivity contribution in [1.82, 2.24) is 4.98 Å². The number of hydrogen-bond acceptors (Lipinski definition) is 3. The van der Waals surface area contributed by atoms with E-state index < -0.39 is 5.97 Å². The van der Waals surface area contributed by atoms with Crippen molar-refractivity contribution in [3.05, 3.63) is 24.0 Å². The lowest BCUT2D eigenvalue weighted by Gasteiger charge is -2.16. The maximum Gasteiger partial charge on any atom is 0.354 e. The number of nitrogens with zero attached hydrogens (tertiary/aromatic N) is 1. The van der Waals surface area contributed by atoms with Crippen LogP contribution in [0.1, 0.15) is 37.2 Å². The topological polar surface area (TPSA) is 62.2 Å². The molecule has 1 rings (SSSR count). The molecule has 4 heteroatoms. The van der Waals surface area contributed by atoms with Crippen molar-refractivity contribution in [1.29, 1.82) is 0 Å². The van der Waals surface area contributed by atoms with E-state index in [0.717, 1.165) is 18.5 Å². The maximum atomic E-state index is 10.7. The SMILES string of the molecule is CCC(CC)Nc1ccnc(C(=O)O)c1. The van der Waals surface area contributed by atoms with E-state index in [0.29, 0.717) is 6.04 Å². The second-order valence-electron chi connectivity index (χ2n) is 3.39. The highest BCUT2D eigenvalue weighted by Gasteiger charge is 2.07. The summed E-state index contributed by atoms with van der Waals surface area (Å²) in [6.45, 7) is 4.20. The van der Waals surface area contributed by atoms with Crippen LogP contribution >= 0.6 is 0 Å². The Balaban J connectivity index is 2.77. The number of anilines is 1. The molecule has 0 bridgehead atoms. The van der Waals surface area contributed by atoms with E-state index in [-0.39, 0.29) is 5.69 Å². The molecule has 0 saturated carbocycles. The lowest BCUT2D eigenvalue weighted by Crippen LogP contribution is -2.17. The highest BCUT2D eigenvalue weighted by atomic mass is 16.4. The molecule has 0 aromatic carbocycles. The van der Waals surface area contributed by atoms with Crippen LogP contribution in [0.25, 0.3) is 0 Å². The third kappa shape index (κ3) is 3.23. The molecule has 0 saturated heterocycles. The fourth-order valence-electron chi connectivity index (χ4n) is 1.37. The summed E-state index contributed by atoms with van der Waals surface area (Å²) in [5.41, 5.74) is 0.891. The fourth-order valence-corrected chi connectivity index (χ4v) is 1.37. The number of carboxylic acids is 1. The van der Waals surface area contributed by atoms with Crippen LogP contribution in [0.4, 0.5) is 5.69 Å². The molecule has 2 N–H and O–H groups in total. The van der Waals surface area contributed by atoms with Gasteiger partial charge in [-0.15, -0.1) is 0 Å². The molecular weight excluding hydrogens is 192 g/mol. The fraction of sp³-hybridized carbons (Fsp3) is 0.455. The van der Waals surface area contributed by atoms with Crippen LogP contribution in [0.15, 0.2) is 18.3 Å². The molecule has 0 spiro atoms. The Labute approximate surface area is 89.3 Å². The Kier molecular flexibility index (Phi) is 4.09. The summed E-state index contributed by atoms with van der Waals surface area (Å²) in [6, 6.07) is 3.72. The van der Waals surface area contributed by atoms with Gasteiger partial charge in [0, 0.05) is 17.9 Å². The molecule has 1 heterocycles. The van der Waals surface area contributed by atoms with Gasteiger partial charge in [-0.3, -0.25) is 0 Å². The molecule has 1 aromatic heterocycles. The van der Waals surface area contributed by atoms with Crippen LogP contribution in [0.3, 0.4) is 0 Å². The van der Waals surface area contributed by atoms with Crippen molar-refractivity contribution in [2.24, 2.45) is 0 Å². The average molecular weight is 208 g/mol. The Morgan fingerprint density at radius 2 is 2.20 bits per heavy atom. The van der Waals surface area contributed by atoms with Gasteiger partial charge in [0.15, 0.2) is 0 Å². The Morgan fingerprint density at radius 3 is 2.73 bits per heavy atom. The zero-order valence-corrected chi connectivity index (χ0v) is 9.03. The van der Waals surface area contributed by atoms with Crippen molar-refractivity contribution in [2.45, 2.75) is 32.7 Å². The lowest BCUT2D eigenvalue weighted by atomic mass is 10.1. The molecular formula is C11H16N2O2. The first-order valence-corrected chi connectivity index (χ1v) is 5.13. The van der Waals surface area contributed by atoms with Crippen LogP contribution in [-0.4, -0.2) is 22.1 Å². The van der Waals surface area contributed by atoms with Crippen LogP contribution in [0.5, 0.6) is 0 Å². The number of pyridine rings is 1. The molecule has 82 valence electrons. The van der Waals surface area contributed by atoms with Gasteiger partial charge in [-0.1, -0.05) is 13.8 Å². The van der Waals surface area contributed by atoms with Gasteiger partial charge in [-0.2, -0.15) is 0 Å². The summed E-state index contributed by atoms with van der Waals surface area (Å²) in [5.74, 6) is -0.997. The maximum absolute atomic E-state index is 10.7. The van der Waals surface area contributed by atoms with Gasteiger partial charge in [0.1, 0.15) is 5.69 Å². The lowest BCUT2D eigenvalue weighted by molar-refractivity contribution is 0.0690. The molecule has 0 aliphatic carbocycles. The van der Waals surface area contributed by atoms with Crippen molar-refractivity contribution in [3.63, 3.8) is 0 Å². The van der Waals surface area contributed by atoms with E-state index in [2.05, 4.69) is 24.1 Å². The molecule has 0 amide bonds. The molecule has 0 aliphatic heterocycles. The van der Waals surface area contributed by atoms with Crippen molar-refractivity contribution in [3.8, 4) is 0 Å². The van der Waals surface area contributed by atoms with E-state index in [1.807, 2.05) is 0 Å². The first-order chi connectivity index (χ1) is 7.17.